The third-order valence-electron chi connectivity index (χ3n) is 6.40. The molecule has 3 unspecified atom stereocenters. The van der Waals surface area contributed by atoms with Gasteiger partial charge in [0.2, 0.25) is 6.29 Å². The van der Waals surface area contributed by atoms with E-state index in [-0.39, 0.29) is 12.1 Å². The fraction of sp³-hybridized carbons (Fsp3) is 0.360. The summed E-state index contributed by atoms with van der Waals surface area (Å²) in [4.78, 5) is 24.2. The summed E-state index contributed by atoms with van der Waals surface area (Å²) in [5.41, 5.74) is -5.20. The molecular weight excluding hydrogens is 531 g/mol. The number of hydrogen-bond donors (Lipinski definition) is 1. The van der Waals surface area contributed by atoms with Crippen LogP contribution in [0.15, 0.2) is 69.9 Å². The van der Waals surface area contributed by atoms with Crippen molar-refractivity contribution in [3.05, 3.63) is 76.6 Å². The zero-order valence-corrected chi connectivity index (χ0v) is 21.0. The maximum atomic E-state index is 13.1. The van der Waals surface area contributed by atoms with Gasteiger partial charge in [0, 0.05) is 29.8 Å². The lowest BCUT2D eigenvalue weighted by molar-refractivity contribution is -0.239. The number of ether oxygens (including phenoxy) is 2. The topological polar surface area (TPSA) is 121 Å². The van der Waals surface area contributed by atoms with Crippen molar-refractivity contribution >= 4 is 32.7 Å². The third kappa shape index (κ3) is 6.00. The van der Waals surface area contributed by atoms with Gasteiger partial charge in [-0.1, -0.05) is 32.0 Å². The average molecular weight is 556 g/mol. The van der Waals surface area contributed by atoms with Crippen LogP contribution in [0.2, 0.25) is 0 Å². The molecule has 9 nitrogen and oxygen atoms in total. The van der Waals surface area contributed by atoms with E-state index in [1.165, 1.54) is 25.1 Å². The number of carbonyl (C=O) groups excluding carboxylic acids is 1. The van der Waals surface area contributed by atoms with Crippen LogP contribution < -0.4 is 10.9 Å². The minimum Gasteiger partial charge on any atom is -0.429 e. The fourth-order valence-corrected chi connectivity index (χ4v) is 4.73. The minimum atomic E-state index is -6.01. The van der Waals surface area contributed by atoms with Crippen LogP contribution >= 0.6 is 0 Å². The molecule has 38 heavy (non-hydrogen) atoms. The Morgan fingerprint density at radius 2 is 1.71 bits per heavy atom. The number of rotatable bonds is 7. The Kier molecular flexibility index (Phi) is 7.81. The second-order valence-corrected chi connectivity index (χ2v) is 10.4. The van der Waals surface area contributed by atoms with Gasteiger partial charge in [-0.25, -0.2) is 9.59 Å². The number of anilines is 1. The monoisotopic (exact) mass is 555 g/mol. The quantitative estimate of drug-likeness (QED) is 0.197. The van der Waals surface area contributed by atoms with Gasteiger partial charge in [0.25, 0.3) is 0 Å². The van der Waals surface area contributed by atoms with E-state index in [9.17, 15) is 31.2 Å². The summed E-state index contributed by atoms with van der Waals surface area (Å²) in [7, 11) is -6.01. The molecule has 0 bridgehead atoms. The average Bonchev–Trinajstić information content (AvgIpc) is 2.87. The molecule has 4 rings (SSSR count). The Balaban J connectivity index is 1.56. The molecule has 13 heteroatoms. The highest BCUT2D eigenvalue weighted by Gasteiger charge is 2.53. The largest absolute Gasteiger partial charge is 0.523 e. The van der Waals surface area contributed by atoms with Crippen molar-refractivity contribution in [2.24, 2.45) is 11.8 Å². The van der Waals surface area contributed by atoms with Gasteiger partial charge in [0.15, 0.2) is 0 Å². The first-order valence-electron chi connectivity index (χ1n) is 11.5. The standard InChI is InChI=1S/C25H24F3NO8S/c1-14-15(2)22(37-38(32,33)25(26,27)28)24(36-23(31)17-6-4-3-5-7-17)35-20(14)13-29-18-10-8-16-9-11-21(30)34-19(16)12-18/h3-12,14-15,20,22,24,29H,13H2,1-2H3/t14-,15-,20?,22?,24?/m0/s1. The first-order chi connectivity index (χ1) is 17.9. The molecule has 1 aliphatic rings. The number of nitrogens with one attached hydrogen (secondary N) is 1. The smallest absolute Gasteiger partial charge is 0.429 e. The molecule has 204 valence electrons. The first kappa shape index (κ1) is 27.6. The Hall–Kier alpha value is -3.42. The van der Waals surface area contributed by atoms with Crippen molar-refractivity contribution < 1.29 is 44.5 Å². The number of hydrogen-bond acceptors (Lipinski definition) is 9. The van der Waals surface area contributed by atoms with Crippen LogP contribution in [-0.4, -0.2) is 44.9 Å². The molecule has 1 N–H and O–H groups in total. The lowest BCUT2D eigenvalue weighted by Crippen LogP contribution is -2.55. The number of fused-ring (bicyclic) bond motifs is 1. The van der Waals surface area contributed by atoms with E-state index in [2.05, 4.69) is 9.50 Å². The molecule has 2 heterocycles. The number of alkyl halides is 3. The Bertz CT molecular complexity index is 1460. The summed E-state index contributed by atoms with van der Waals surface area (Å²) >= 11 is 0. The summed E-state index contributed by atoms with van der Waals surface area (Å²) < 4.78 is 83.7. The van der Waals surface area contributed by atoms with Crippen molar-refractivity contribution in [3.8, 4) is 0 Å². The van der Waals surface area contributed by atoms with Gasteiger partial charge in [-0.05, 0) is 42.2 Å². The van der Waals surface area contributed by atoms with Crippen LogP contribution in [0, 0.1) is 11.8 Å². The molecule has 3 aromatic rings. The van der Waals surface area contributed by atoms with Crippen LogP contribution in [0.5, 0.6) is 0 Å². The molecule has 0 radical (unpaired) electrons. The summed E-state index contributed by atoms with van der Waals surface area (Å²) in [5, 5.41) is 3.80. The highest BCUT2D eigenvalue weighted by atomic mass is 32.2. The van der Waals surface area contributed by atoms with E-state index < -0.39 is 57.6 Å². The fourth-order valence-electron chi connectivity index (χ4n) is 4.06. The van der Waals surface area contributed by atoms with E-state index in [0.717, 1.165) is 0 Å². The van der Waals surface area contributed by atoms with Gasteiger partial charge in [-0.3, -0.25) is 4.18 Å². The number of halogens is 3. The zero-order chi connectivity index (χ0) is 27.7. The van der Waals surface area contributed by atoms with E-state index in [4.69, 9.17) is 13.9 Å². The normalized spacial score (nSPS) is 24.2. The van der Waals surface area contributed by atoms with E-state index in [1.54, 1.807) is 49.4 Å². The van der Waals surface area contributed by atoms with E-state index in [1.807, 2.05) is 0 Å². The molecule has 0 amide bonds. The minimum absolute atomic E-state index is 0.0899. The van der Waals surface area contributed by atoms with Crippen molar-refractivity contribution in [1.82, 2.24) is 0 Å². The maximum Gasteiger partial charge on any atom is 0.523 e. The highest BCUT2D eigenvalue weighted by molar-refractivity contribution is 7.87. The number of esters is 1. The molecule has 5 atom stereocenters. The molecule has 1 aromatic heterocycles. The summed E-state index contributed by atoms with van der Waals surface area (Å²) in [6.07, 6.45) is -4.24. The van der Waals surface area contributed by atoms with Crippen LogP contribution in [-0.2, 0) is 23.8 Å². The Morgan fingerprint density at radius 1 is 1.03 bits per heavy atom. The first-order valence-corrected chi connectivity index (χ1v) is 13.0. The second kappa shape index (κ2) is 10.8. The molecule has 1 saturated heterocycles. The molecule has 1 aliphatic heterocycles. The SMILES string of the molecule is C[C@@H]1C(CNc2ccc3ccc(=O)oc3c2)OC(OC(=O)c2ccccc2)C(OS(=O)(=O)C(F)(F)F)[C@H]1C. The molecule has 2 aromatic carbocycles. The zero-order valence-electron chi connectivity index (χ0n) is 20.2. The Labute approximate surface area is 215 Å². The maximum absolute atomic E-state index is 13.1. The third-order valence-corrected chi connectivity index (χ3v) is 7.44. The molecule has 0 aliphatic carbocycles. The molecular formula is C25H24F3NO8S. The van der Waals surface area contributed by atoms with Crippen molar-refractivity contribution in [1.29, 1.82) is 0 Å². The van der Waals surface area contributed by atoms with Crippen LogP contribution in [0.4, 0.5) is 18.9 Å². The second-order valence-electron chi connectivity index (χ2n) is 8.88. The molecule has 1 fully saturated rings. The van der Waals surface area contributed by atoms with Crippen LogP contribution in [0.25, 0.3) is 11.0 Å². The van der Waals surface area contributed by atoms with Crippen LogP contribution in [0.3, 0.4) is 0 Å². The number of carbonyl (C=O) groups is 1. The van der Waals surface area contributed by atoms with Crippen LogP contribution in [0.1, 0.15) is 24.2 Å². The van der Waals surface area contributed by atoms with Crippen molar-refractivity contribution in [3.63, 3.8) is 0 Å². The summed E-state index contributed by atoms with van der Waals surface area (Å²) in [5.74, 6) is -2.29. The summed E-state index contributed by atoms with van der Waals surface area (Å²) in [6.45, 7) is 3.25. The van der Waals surface area contributed by atoms with E-state index in [0.29, 0.717) is 16.7 Å². The van der Waals surface area contributed by atoms with Crippen molar-refractivity contribution in [2.75, 3.05) is 11.9 Å². The number of benzene rings is 2. The van der Waals surface area contributed by atoms with E-state index >= 15 is 0 Å². The van der Waals surface area contributed by atoms with Gasteiger partial charge in [0.05, 0.1) is 11.7 Å². The van der Waals surface area contributed by atoms with Crippen molar-refractivity contribution in [2.45, 2.75) is 37.9 Å². The molecule has 0 saturated carbocycles. The highest BCUT2D eigenvalue weighted by Crippen LogP contribution is 2.37. The van der Waals surface area contributed by atoms with Gasteiger partial charge in [-0.15, -0.1) is 0 Å². The Morgan fingerprint density at radius 3 is 2.39 bits per heavy atom. The molecule has 0 spiro atoms. The lowest BCUT2D eigenvalue weighted by Gasteiger charge is -2.43. The summed E-state index contributed by atoms with van der Waals surface area (Å²) in [6, 6.07) is 15.6. The van der Waals surface area contributed by atoms with Gasteiger partial charge in [0.1, 0.15) is 11.7 Å². The van der Waals surface area contributed by atoms with Gasteiger partial charge < -0.3 is 19.2 Å². The predicted octanol–water partition coefficient (Wildman–Crippen LogP) is 4.29. The lowest BCUT2D eigenvalue weighted by atomic mass is 9.83. The van der Waals surface area contributed by atoms with Gasteiger partial charge >= 0.3 is 27.2 Å². The predicted molar refractivity (Wildman–Crippen MR) is 130 cm³/mol. The van der Waals surface area contributed by atoms with Gasteiger partial charge in [-0.2, -0.15) is 21.6 Å².